The molecule has 0 saturated carbocycles. The summed E-state index contributed by atoms with van der Waals surface area (Å²) in [4.78, 5) is 17.5. The first-order valence-electron chi connectivity index (χ1n) is 10.6. The quantitative estimate of drug-likeness (QED) is 0.215. The maximum atomic E-state index is 13.4. The molecule has 2 N–H and O–H groups in total. The molecule has 0 saturated heterocycles. The van der Waals surface area contributed by atoms with Crippen molar-refractivity contribution in [3.05, 3.63) is 87.6 Å². The van der Waals surface area contributed by atoms with Crippen molar-refractivity contribution in [3.8, 4) is 17.2 Å². The van der Waals surface area contributed by atoms with E-state index in [1.165, 1.54) is 25.3 Å². The van der Waals surface area contributed by atoms with Gasteiger partial charge in [-0.05, 0) is 81.4 Å². The van der Waals surface area contributed by atoms with E-state index in [9.17, 15) is 9.18 Å². The Labute approximate surface area is 223 Å². The van der Waals surface area contributed by atoms with Gasteiger partial charge in [-0.3, -0.25) is 10.1 Å². The van der Waals surface area contributed by atoms with Gasteiger partial charge in [-0.15, -0.1) is 0 Å². The summed E-state index contributed by atoms with van der Waals surface area (Å²) in [7, 11) is 1.50. The van der Waals surface area contributed by atoms with Crippen LogP contribution in [0.15, 0.2) is 75.6 Å². The first-order chi connectivity index (χ1) is 17.3. The third-order valence-electron chi connectivity index (χ3n) is 5.42. The van der Waals surface area contributed by atoms with E-state index in [1.807, 2.05) is 24.3 Å². The number of nitrogens with one attached hydrogen (secondary N) is 2. The number of methoxy groups -OCH3 is 1. The fourth-order valence-corrected chi connectivity index (χ4v) is 4.96. The first kappa shape index (κ1) is 24.2. The van der Waals surface area contributed by atoms with Crippen LogP contribution >= 0.6 is 39.7 Å². The lowest BCUT2D eigenvalue weighted by Gasteiger charge is -2.14. The molecule has 0 aliphatic heterocycles. The predicted octanol–water partition coefficient (Wildman–Crippen LogP) is 7.34. The highest BCUT2D eigenvalue weighted by Gasteiger charge is 2.19. The van der Waals surface area contributed by atoms with Gasteiger partial charge in [0.2, 0.25) is 5.89 Å². The molecule has 0 radical (unpaired) electrons. The van der Waals surface area contributed by atoms with Crippen LogP contribution in [0.2, 0.25) is 5.02 Å². The number of hydrogen-bond donors (Lipinski definition) is 2. The van der Waals surface area contributed by atoms with E-state index >= 15 is 0 Å². The second-order valence-corrected chi connectivity index (χ2v) is 9.33. The Bertz CT molecular complexity index is 1670. The van der Waals surface area contributed by atoms with E-state index in [1.54, 1.807) is 24.3 Å². The normalized spacial score (nSPS) is 11.0. The van der Waals surface area contributed by atoms with Crippen molar-refractivity contribution in [2.24, 2.45) is 0 Å². The molecule has 36 heavy (non-hydrogen) atoms. The number of nitrogens with zero attached hydrogens (tertiary/aromatic N) is 1. The molecule has 5 aromatic rings. The summed E-state index contributed by atoms with van der Waals surface area (Å²) in [5.74, 6) is -0.205. The summed E-state index contributed by atoms with van der Waals surface area (Å²) >= 11 is 15.0. The van der Waals surface area contributed by atoms with Gasteiger partial charge in [-0.1, -0.05) is 35.9 Å². The van der Waals surface area contributed by atoms with Gasteiger partial charge < -0.3 is 14.5 Å². The number of ether oxygens (including phenoxy) is 1. The molecule has 1 heterocycles. The van der Waals surface area contributed by atoms with Crippen LogP contribution in [-0.4, -0.2) is 23.1 Å². The maximum absolute atomic E-state index is 13.4. The number of fused-ring (bicyclic) bond motifs is 2. The SMILES string of the molecule is COc1c(C(=O)NC(=S)Nc2ccc3oc(-c4ccc(F)cc4Cl)nc3c2)cc2ccccc2c1Br. The fourth-order valence-electron chi connectivity index (χ4n) is 3.77. The number of thiocarbonyl (C=S) groups is 1. The summed E-state index contributed by atoms with van der Waals surface area (Å²) in [6.45, 7) is 0. The molecule has 0 spiro atoms. The number of halogens is 3. The van der Waals surface area contributed by atoms with Crippen LogP contribution in [0.25, 0.3) is 33.3 Å². The van der Waals surface area contributed by atoms with Gasteiger partial charge in [-0.2, -0.15) is 0 Å². The van der Waals surface area contributed by atoms with Crippen LogP contribution in [-0.2, 0) is 0 Å². The van der Waals surface area contributed by atoms with E-state index in [2.05, 4.69) is 31.5 Å². The second-order valence-electron chi connectivity index (χ2n) is 7.73. The summed E-state index contributed by atoms with van der Waals surface area (Å²) in [6.07, 6.45) is 0. The van der Waals surface area contributed by atoms with Crippen LogP contribution < -0.4 is 15.4 Å². The number of benzene rings is 4. The zero-order valence-corrected chi connectivity index (χ0v) is 21.7. The largest absolute Gasteiger partial charge is 0.495 e. The van der Waals surface area contributed by atoms with Gasteiger partial charge in [0.15, 0.2) is 10.7 Å². The van der Waals surface area contributed by atoms with Crippen molar-refractivity contribution in [2.75, 3.05) is 12.4 Å². The molecule has 0 atom stereocenters. The number of carbonyl (C=O) groups is 1. The zero-order valence-electron chi connectivity index (χ0n) is 18.6. The highest BCUT2D eigenvalue weighted by molar-refractivity contribution is 9.10. The van der Waals surface area contributed by atoms with Crippen molar-refractivity contribution >= 4 is 78.3 Å². The standard InChI is InChI=1S/C26H16BrClFN3O3S/c1-34-23-18(10-13-4-2-3-5-16(13)22(23)27)24(33)32-26(36)30-15-7-9-21-20(12-15)31-25(35-21)17-8-6-14(29)11-19(17)28/h2-12H,1H3,(H2,30,32,33,36). The summed E-state index contributed by atoms with van der Waals surface area (Å²) in [6, 6.07) is 18.5. The summed E-state index contributed by atoms with van der Waals surface area (Å²) in [5.41, 5.74) is 2.44. The zero-order chi connectivity index (χ0) is 25.4. The maximum Gasteiger partial charge on any atom is 0.261 e. The van der Waals surface area contributed by atoms with E-state index in [0.29, 0.717) is 38.1 Å². The molecule has 0 aliphatic carbocycles. The van der Waals surface area contributed by atoms with Crippen LogP contribution in [0.5, 0.6) is 5.75 Å². The minimum atomic E-state index is -0.449. The number of oxazole rings is 1. The highest BCUT2D eigenvalue weighted by Crippen LogP contribution is 2.36. The number of hydrogen-bond acceptors (Lipinski definition) is 5. The molecule has 0 bridgehead atoms. The van der Waals surface area contributed by atoms with Crippen LogP contribution in [0, 0.1) is 5.82 Å². The molecule has 0 fully saturated rings. The second kappa shape index (κ2) is 9.85. The molecule has 0 unspecified atom stereocenters. The van der Waals surface area contributed by atoms with Crippen LogP contribution in [0.1, 0.15) is 10.4 Å². The van der Waals surface area contributed by atoms with Crippen LogP contribution in [0.3, 0.4) is 0 Å². The molecule has 1 aromatic heterocycles. The number of amides is 1. The Morgan fingerprint density at radius 3 is 2.72 bits per heavy atom. The Morgan fingerprint density at radius 1 is 1.14 bits per heavy atom. The highest BCUT2D eigenvalue weighted by atomic mass is 79.9. The summed E-state index contributed by atoms with van der Waals surface area (Å²) < 4.78 is 25.3. The van der Waals surface area contributed by atoms with Crippen molar-refractivity contribution in [1.29, 1.82) is 0 Å². The molecule has 6 nitrogen and oxygen atoms in total. The Morgan fingerprint density at radius 2 is 1.94 bits per heavy atom. The fraction of sp³-hybridized carbons (Fsp3) is 0.0385. The average molecular weight is 585 g/mol. The minimum absolute atomic E-state index is 0.0935. The van der Waals surface area contributed by atoms with E-state index in [4.69, 9.17) is 33.0 Å². The van der Waals surface area contributed by atoms with Crippen molar-refractivity contribution in [2.45, 2.75) is 0 Å². The first-order valence-corrected chi connectivity index (χ1v) is 12.2. The van der Waals surface area contributed by atoms with Crippen LogP contribution in [0.4, 0.5) is 10.1 Å². The number of anilines is 1. The lowest BCUT2D eigenvalue weighted by Crippen LogP contribution is -2.34. The lowest BCUT2D eigenvalue weighted by atomic mass is 10.1. The number of rotatable bonds is 4. The Balaban J connectivity index is 1.36. The molecule has 1 amide bonds. The molecular weight excluding hydrogens is 569 g/mol. The van der Waals surface area contributed by atoms with Gasteiger partial charge in [0.25, 0.3) is 5.91 Å². The third kappa shape index (κ3) is 4.65. The van der Waals surface area contributed by atoms with Crippen molar-refractivity contribution in [1.82, 2.24) is 10.3 Å². The van der Waals surface area contributed by atoms with Gasteiger partial charge in [-0.25, -0.2) is 9.37 Å². The Kier molecular flexibility index (Phi) is 6.61. The van der Waals surface area contributed by atoms with E-state index in [0.717, 1.165) is 10.8 Å². The molecular formula is C26H16BrClFN3O3S. The predicted molar refractivity (Wildman–Crippen MR) is 146 cm³/mol. The molecule has 10 heteroatoms. The van der Waals surface area contributed by atoms with Crippen molar-refractivity contribution < 1.29 is 18.3 Å². The summed E-state index contributed by atoms with van der Waals surface area (Å²) in [5, 5.41) is 7.76. The lowest BCUT2D eigenvalue weighted by molar-refractivity contribution is 0.0975. The smallest absolute Gasteiger partial charge is 0.261 e. The van der Waals surface area contributed by atoms with E-state index < -0.39 is 11.7 Å². The molecule has 180 valence electrons. The van der Waals surface area contributed by atoms with Gasteiger partial charge >= 0.3 is 0 Å². The van der Waals surface area contributed by atoms with Crippen molar-refractivity contribution in [3.63, 3.8) is 0 Å². The molecule has 5 rings (SSSR count). The Hall–Kier alpha value is -3.53. The topological polar surface area (TPSA) is 76.4 Å². The monoisotopic (exact) mass is 583 g/mol. The van der Waals surface area contributed by atoms with E-state index in [-0.39, 0.29) is 16.0 Å². The third-order valence-corrected chi connectivity index (χ3v) is 6.73. The number of carbonyl (C=O) groups excluding carboxylic acids is 1. The minimum Gasteiger partial charge on any atom is -0.495 e. The average Bonchev–Trinajstić information content (AvgIpc) is 3.27. The molecule has 0 aliphatic rings. The number of aromatic nitrogens is 1. The van der Waals surface area contributed by atoms with Gasteiger partial charge in [0.05, 0.1) is 27.7 Å². The van der Waals surface area contributed by atoms with Gasteiger partial charge in [0.1, 0.15) is 17.1 Å². The molecule has 4 aromatic carbocycles. The van der Waals surface area contributed by atoms with Gasteiger partial charge in [0, 0.05) is 5.69 Å².